The van der Waals surface area contributed by atoms with Gasteiger partial charge in [-0.1, -0.05) is 6.07 Å². The van der Waals surface area contributed by atoms with Crippen molar-refractivity contribution in [3.63, 3.8) is 0 Å². The van der Waals surface area contributed by atoms with Gasteiger partial charge in [0.2, 0.25) is 5.88 Å². The Labute approximate surface area is 211 Å². The van der Waals surface area contributed by atoms with Crippen LogP contribution < -0.4 is 15.8 Å². The number of carbonyl (C=O) groups excluding carboxylic acids is 1. The lowest BCUT2D eigenvalue weighted by atomic mass is 9.90. The number of rotatable bonds is 6. The molecule has 0 saturated carbocycles. The highest BCUT2D eigenvalue weighted by atomic mass is 19.4. The Kier molecular flexibility index (Phi) is 6.74. The van der Waals surface area contributed by atoms with Crippen molar-refractivity contribution in [3.05, 3.63) is 70.7 Å². The van der Waals surface area contributed by atoms with Crippen LogP contribution in [0.4, 0.5) is 18.9 Å². The number of aryl methyl sites for hydroxylation is 1. The number of alkyl halides is 3. The van der Waals surface area contributed by atoms with Crippen LogP contribution in [0.25, 0.3) is 11.1 Å². The zero-order valence-electron chi connectivity index (χ0n) is 20.7. The smallest absolute Gasteiger partial charge is 0.416 e. The molecule has 1 fully saturated rings. The molecule has 3 heterocycles. The van der Waals surface area contributed by atoms with Crippen LogP contribution in [0.3, 0.4) is 0 Å². The van der Waals surface area contributed by atoms with Crippen LogP contribution in [0.1, 0.15) is 46.7 Å². The minimum Gasteiger partial charge on any atom is -0.481 e. The van der Waals surface area contributed by atoms with Crippen LogP contribution >= 0.6 is 0 Å². The molecule has 196 valence electrons. The van der Waals surface area contributed by atoms with Crippen molar-refractivity contribution >= 4 is 11.6 Å². The van der Waals surface area contributed by atoms with Gasteiger partial charge in [-0.25, -0.2) is 9.97 Å². The lowest BCUT2D eigenvalue weighted by Gasteiger charge is -2.37. The van der Waals surface area contributed by atoms with E-state index in [1.807, 2.05) is 6.92 Å². The van der Waals surface area contributed by atoms with Gasteiger partial charge in [0.05, 0.1) is 42.7 Å². The van der Waals surface area contributed by atoms with Crippen LogP contribution in [0.2, 0.25) is 0 Å². The molecule has 1 aliphatic rings. The maximum Gasteiger partial charge on any atom is 0.416 e. The first-order chi connectivity index (χ1) is 17.2. The number of amides is 1. The largest absolute Gasteiger partial charge is 0.481 e. The number of nitrogens with two attached hydrogens (primary N) is 1. The van der Waals surface area contributed by atoms with Crippen molar-refractivity contribution in [2.24, 2.45) is 5.73 Å². The Balaban J connectivity index is 1.69. The van der Waals surface area contributed by atoms with Gasteiger partial charge in [-0.15, -0.1) is 0 Å². The highest BCUT2D eigenvalue weighted by molar-refractivity contribution is 6.03. The van der Waals surface area contributed by atoms with E-state index in [4.69, 9.17) is 15.2 Å². The number of anilines is 1. The summed E-state index contributed by atoms with van der Waals surface area (Å²) in [6.45, 7) is 5.08. The van der Waals surface area contributed by atoms with E-state index < -0.39 is 34.5 Å². The number of carbonyl (C=O) groups is 1. The summed E-state index contributed by atoms with van der Waals surface area (Å²) in [6.07, 6.45) is -3.10. The van der Waals surface area contributed by atoms with E-state index in [-0.39, 0.29) is 24.8 Å². The van der Waals surface area contributed by atoms with Crippen molar-refractivity contribution in [2.75, 3.05) is 25.6 Å². The molecule has 0 aliphatic carbocycles. The normalized spacial score (nSPS) is 15.2. The third-order valence-electron chi connectivity index (χ3n) is 6.08. The fraction of sp³-hybridized carbons (Fsp3) is 0.346. The van der Waals surface area contributed by atoms with Gasteiger partial charge in [0.15, 0.2) is 0 Å². The highest BCUT2D eigenvalue weighted by Gasteiger charge is 2.41. The number of hydrogen-bond acceptors (Lipinski definition) is 7. The summed E-state index contributed by atoms with van der Waals surface area (Å²) in [4.78, 5) is 21.4. The monoisotopic (exact) mass is 516 g/mol. The van der Waals surface area contributed by atoms with Crippen LogP contribution in [0, 0.1) is 6.92 Å². The van der Waals surface area contributed by atoms with Gasteiger partial charge in [-0.05, 0) is 62.2 Å². The molecule has 4 rings (SSSR count). The average Bonchev–Trinajstić information content (AvgIpc) is 2.82. The Morgan fingerprint density at radius 2 is 1.89 bits per heavy atom. The summed E-state index contributed by atoms with van der Waals surface area (Å²) in [5.74, 6) is -0.549. The summed E-state index contributed by atoms with van der Waals surface area (Å²) < 4.78 is 50.9. The van der Waals surface area contributed by atoms with Gasteiger partial charge in [0.25, 0.3) is 5.91 Å². The summed E-state index contributed by atoms with van der Waals surface area (Å²) in [6, 6.07) is 8.33. The SMILES string of the molecule is COc1ncc(-c2cc(NC(=O)c3cc(C(F)(F)F)cc(C(C)(C)N)n3)ccc2C)cc1C1(O)COC1. The van der Waals surface area contributed by atoms with E-state index in [0.29, 0.717) is 28.4 Å². The van der Waals surface area contributed by atoms with E-state index in [1.54, 1.807) is 30.5 Å². The van der Waals surface area contributed by atoms with Crippen LogP contribution in [-0.4, -0.2) is 41.3 Å². The van der Waals surface area contributed by atoms with Gasteiger partial charge in [0, 0.05) is 17.4 Å². The molecule has 0 unspecified atom stereocenters. The zero-order chi connectivity index (χ0) is 27.2. The Hall–Kier alpha value is -3.54. The number of nitrogens with zero attached hydrogens (tertiary/aromatic N) is 2. The fourth-order valence-corrected chi connectivity index (χ4v) is 3.89. The minimum atomic E-state index is -4.68. The molecule has 4 N–H and O–H groups in total. The van der Waals surface area contributed by atoms with E-state index in [2.05, 4.69) is 15.3 Å². The van der Waals surface area contributed by atoms with Gasteiger partial charge in [0.1, 0.15) is 11.3 Å². The second kappa shape index (κ2) is 9.40. The number of ether oxygens (including phenoxy) is 2. The van der Waals surface area contributed by atoms with Crippen molar-refractivity contribution in [1.29, 1.82) is 0 Å². The van der Waals surface area contributed by atoms with E-state index >= 15 is 0 Å². The highest BCUT2D eigenvalue weighted by Crippen LogP contribution is 2.38. The molecular weight excluding hydrogens is 489 g/mol. The van der Waals surface area contributed by atoms with Crippen molar-refractivity contribution in [1.82, 2.24) is 9.97 Å². The third kappa shape index (κ3) is 5.43. The molecule has 2 aromatic heterocycles. The number of benzene rings is 1. The molecule has 37 heavy (non-hydrogen) atoms. The Bertz CT molecular complexity index is 1320. The third-order valence-corrected chi connectivity index (χ3v) is 6.08. The van der Waals surface area contributed by atoms with Crippen molar-refractivity contribution in [3.8, 4) is 17.0 Å². The molecule has 1 aromatic carbocycles. The standard InChI is InChI=1S/C26H27F3N4O4/c1-14-5-6-17(10-18(14)15-7-19(23(36-4)31-11-15)25(35)12-37-13-25)32-22(34)20-8-16(26(27,28)29)9-21(33-20)24(2,3)30/h5-11,35H,12-13,30H2,1-4H3,(H,32,34). The summed E-state index contributed by atoms with van der Waals surface area (Å²) >= 11 is 0. The molecule has 1 amide bonds. The number of aromatic nitrogens is 2. The van der Waals surface area contributed by atoms with Crippen LogP contribution in [-0.2, 0) is 22.1 Å². The van der Waals surface area contributed by atoms with E-state index in [0.717, 1.165) is 11.6 Å². The Morgan fingerprint density at radius 1 is 1.19 bits per heavy atom. The second-order valence-corrected chi connectivity index (χ2v) is 9.63. The van der Waals surface area contributed by atoms with Crippen LogP contribution in [0.15, 0.2) is 42.6 Å². The minimum absolute atomic E-state index is 0.0631. The number of halogens is 3. The number of hydrogen-bond donors (Lipinski definition) is 3. The molecule has 0 radical (unpaired) electrons. The molecule has 0 bridgehead atoms. The molecule has 3 aromatic rings. The maximum atomic E-state index is 13.5. The van der Waals surface area contributed by atoms with Crippen molar-refractivity contribution in [2.45, 2.75) is 38.1 Å². The molecular formula is C26H27F3N4O4. The lowest BCUT2D eigenvalue weighted by molar-refractivity contribution is -0.185. The maximum absolute atomic E-state index is 13.5. The second-order valence-electron chi connectivity index (χ2n) is 9.63. The number of methoxy groups -OCH3 is 1. The van der Waals surface area contributed by atoms with Gasteiger partial charge in [-0.2, -0.15) is 13.2 Å². The van der Waals surface area contributed by atoms with E-state index in [1.165, 1.54) is 21.0 Å². The van der Waals surface area contributed by atoms with Gasteiger partial charge < -0.3 is 25.6 Å². The van der Waals surface area contributed by atoms with Crippen molar-refractivity contribution < 1.29 is 32.5 Å². The molecule has 0 atom stereocenters. The fourth-order valence-electron chi connectivity index (χ4n) is 3.89. The average molecular weight is 517 g/mol. The number of pyridine rings is 2. The predicted molar refractivity (Wildman–Crippen MR) is 130 cm³/mol. The lowest BCUT2D eigenvalue weighted by Crippen LogP contribution is -2.46. The predicted octanol–water partition coefficient (Wildman–Crippen LogP) is 4.14. The first-order valence-electron chi connectivity index (χ1n) is 11.4. The first kappa shape index (κ1) is 26.5. The first-order valence-corrected chi connectivity index (χ1v) is 11.4. The quantitative estimate of drug-likeness (QED) is 0.450. The molecule has 8 nitrogen and oxygen atoms in total. The topological polar surface area (TPSA) is 120 Å². The summed E-state index contributed by atoms with van der Waals surface area (Å²) in [5.41, 5.74) is 5.05. The summed E-state index contributed by atoms with van der Waals surface area (Å²) in [7, 11) is 1.45. The van der Waals surface area contributed by atoms with Gasteiger partial charge >= 0.3 is 6.18 Å². The molecule has 1 aliphatic heterocycles. The summed E-state index contributed by atoms with van der Waals surface area (Å²) in [5, 5.41) is 13.4. The van der Waals surface area contributed by atoms with Gasteiger partial charge in [-0.3, -0.25) is 4.79 Å². The molecule has 11 heteroatoms. The zero-order valence-corrected chi connectivity index (χ0v) is 20.7. The number of nitrogens with one attached hydrogen (secondary N) is 1. The molecule has 1 saturated heterocycles. The van der Waals surface area contributed by atoms with Crippen LogP contribution in [0.5, 0.6) is 5.88 Å². The Morgan fingerprint density at radius 3 is 2.46 bits per heavy atom. The molecule has 0 spiro atoms. The number of aliphatic hydroxyl groups is 1. The van der Waals surface area contributed by atoms with E-state index in [9.17, 15) is 23.1 Å².